The molecule has 1 aromatic carbocycles. The van der Waals surface area contributed by atoms with Crippen LogP contribution in [0.15, 0.2) is 24.3 Å². The van der Waals surface area contributed by atoms with Gasteiger partial charge in [0.25, 0.3) is 0 Å². The number of benzene rings is 1. The first kappa shape index (κ1) is 40.0. The van der Waals surface area contributed by atoms with Gasteiger partial charge in [-0.2, -0.15) is 0 Å². The van der Waals surface area contributed by atoms with Gasteiger partial charge in [-0.25, -0.2) is 0 Å². The van der Waals surface area contributed by atoms with Gasteiger partial charge in [-0.15, -0.1) is 6.42 Å². The number of rotatable bonds is 15. The van der Waals surface area contributed by atoms with Crippen LogP contribution in [0, 0.1) is 17.8 Å². The Labute approximate surface area is 282 Å². The Morgan fingerprint density at radius 3 is 2.19 bits per heavy atom. The lowest BCUT2D eigenvalue weighted by Crippen LogP contribution is -2.58. The summed E-state index contributed by atoms with van der Waals surface area (Å²) in [5.74, 6) is 1.25. The summed E-state index contributed by atoms with van der Waals surface area (Å²) < 4.78 is 11.4. The largest absolute Gasteiger partial charge is 0.466 e. The van der Waals surface area contributed by atoms with Crippen molar-refractivity contribution in [1.82, 2.24) is 15.5 Å². The van der Waals surface area contributed by atoms with Gasteiger partial charge < -0.3 is 29.8 Å². The molecular weight excluding hydrogens is 614 g/mol. The van der Waals surface area contributed by atoms with E-state index < -0.39 is 49.8 Å². The van der Waals surface area contributed by atoms with Crippen LogP contribution in [0.4, 0.5) is 0 Å². The number of terminal acetylenes is 1. The number of unbranched alkanes of at least 4 members (excludes halogenated alkanes) is 2. The van der Waals surface area contributed by atoms with Gasteiger partial charge in [-0.1, -0.05) is 66.0 Å². The molecule has 0 saturated carbocycles. The maximum atomic E-state index is 14.0. The fourth-order valence-electron chi connectivity index (χ4n) is 5.13. The van der Waals surface area contributed by atoms with Crippen LogP contribution in [0.2, 0.25) is 18.1 Å². The van der Waals surface area contributed by atoms with Crippen LogP contribution in [0.1, 0.15) is 104 Å². The number of ether oxygens (including phenoxy) is 1. The van der Waals surface area contributed by atoms with Gasteiger partial charge in [0.15, 0.2) is 8.32 Å². The standard InChI is InChI=1S/C36H57N3O7Si/c1-11-25-18-20-26(21-19-25)28(24-46-47(9,10)36(6,7)8)37-33(43)29-22-27(40)23-39(29)34(44)32(35(3,4)5)38-30(41)16-14-13-15-17-31(42)45-12-2/h1,18-21,27-29,32,40H,12-17,22-24H2,2-10H3,(H,37,43)(H,38,41)/t27-,28?,29+,32?/m1/s1. The number of carbonyl (C=O) groups is 4. The van der Waals surface area contributed by atoms with Crippen molar-refractivity contribution >= 4 is 32.0 Å². The van der Waals surface area contributed by atoms with E-state index in [0.717, 1.165) is 5.56 Å². The highest BCUT2D eigenvalue weighted by molar-refractivity contribution is 6.74. The average Bonchev–Trinajstić information content (AvgIpc) is 3.38. The molecule has 1 saturated heterocycles. The normalized spacial score (nSPS) is 18.2. The Morgan fingerprint density at radius 1 is 1.02 bits per heavy atom. The molecule has 3 amide bonds. The number of esters is 1. The van der Waals surface area contributed by atoms with Crippen molar-refractivity contribution in [2.45, 2.75) is 129 Å². The molecule has 0 aliphatic carbocycles. The minimum absolute atomic E-state index is 0.0186. The molecular formula is C36H57N3O7Si. The number of aliphatic hydroxyl groups is 1. The topological polar surface area (TPSA) is 134 Å². The molecule has 10 nitrogen and oxygen atoms in total. The van der Waals surface area contributed by atoms with Crippen LogP contribution >= 0.6 is 0 Å². The molecule has 2 unspecified atom stereocenters. The zero-order valence-electron chi connectivity index (χ0n) is 29.9. The van der Waals surface area contributed by atoms with E-state index in [1.807, 2.05) is 45.0 Å². The van der Waals surface area contributed by atoms with Crippen molar-refractivity contribution in [2.75, 3.05) is 19.8 Å². The molecule has 1 heterocycles. The zero-order valence-corrected chi connectivity index (χ0v) is 30.9. The second-order valence-corrected chi connectivity index (χ2v) is 19.8. The van der Waals surface area contributed by atoms with E-state index in [-0.39, 0.29) is 42.9 Å². The first-order valence-corrected chi connectivity index (χ1v) is 19.7. The lowest BCUT2D eigenvalue weighted by atomic mass is 9.85. The van der Waals surface area contributed by atoms with Crippen molar-refractivity contribution in [3.05, 3.63) is 35.4 Å². The summed E-state index contributed by atoms with van der Waals surface area (Å²) in [6.07, 6.45) is 7.10. The van der Waals surface area contributed by atoms with Crippen molar-refractivity contribution in [2.24, 2.45) is 5.41 Å². The average molecular weight is 672 g/mol. The van der Waals surface area contributed by atoms with Crippen molar-refractivity contribution in [3.63, 3.8) is 0 Å². The van der Waals surface area contributed by atoms with Crippen molar-refractivity contribution < 1.29 is 33.4 Å². The minimum atomic E-state index is -2.17. The zero-order chi connectivity index (χ0) is 35.6. The maximum Gasteiger partial charge on any atom is 0.305 e. The van der Waals surface area contributed by atoms with Crippen molar-refractivity contribution in [1.29, 1.82) is 0 Å². The number of hydrogen-bond donors (Lipinski definition) is 3. The summed E-state index contributed by atoms with van der Waals surface area (Å²) in [6.45, 7) is 18.6. The molecule has 2 rings (SSSR count). The van der Waals surface area contributed by atoms with Crippen LogP contribution in [0.25, 0.3) is 0 Å². The molecule has 11 heteroatoms. The summed E-state index contributed by atoms with van der Waals surface area (Å²) in [6, 6.07) is 5.00. The predicted octanol–water partition coefficient (Wildman–Crippen LogP) is 4.85. The quantitative estimate of drug-likeness (QED) is 0.105. The fraction of sp³-hybridized carbons (Fsp3) is 0.667. The summed E-state index contributed by atoms with van der Waals surface area (Å²) in [5, 5.41) is 16.6. The van der Waals surface area contributed by atoms with E-state index in [9.17, 15) is 24.3 Å². The third-order valence-corrected chi connectivity index (χ3v) is 13.6. The van der Waals surface area contributed by atoms with E-state index in [1.165, 1.54) is 4.90 Å². The van der Waals surface area contributed by atoms with Crippen LogP contribution in [0.3, 0.4) is 0 Å². The summed E-state index contributed by atoms with van der Waals surface area (Å²) in [5.41, 5.74) is 0.866. The van der Waals surface area contributed by atoms with Crippen LogP contribution in [0.5, 0.6) is 0 Å². The van der Waals surface area contributed by atoms with Crippen LogP contribution in [-0.2, 0) is 28.3 Å². The summed E-state index contributed by atoms with van der Waals surface area (Å²) in [7, 11) is -2.17. The highest BCUT2D eigenvalue weighted by atomic mass is 28.4. The number of nitrogens with one attached hydrogen (secondary N) is 2. The Balaban J connectivity index is 2.19. The highest BCUT2D eigenvalue weighted by Crippen LogP contribution is 2.37. The van der Waals surface area contributed by atoms with Gasteiger partial charge >= 0.3 is 5.97 Å². The Bertz CT molecular complexity index is 1260. The van der Waals surface area contributed by atoms with Gasteiger partial charge in [0.05, 0.1) is 25.4 Å². The number of β-amino-alcohol motifs (C(OH)–C–C–N with tert-alkyl or cyclic N) is 1. The second kappa shape index (κ2) is 17.3. The molecule has 0 spiro atoms. The van der Waals surface area contributed by atoms with E-state index in [0.29, 0.717) is 37.9 Å². The number of amides is 3. The van der Waals surface area contributed by atoms with E-state index in [2.05, 4.69) is 50.4 Å². The molecule has 1 aliphatic rings. The van der Waals surface area contributed by atoms with Gasteiger partial charge in [0, 0.05) is 31.4 Å². The van der Waals surface area contributed by atoms with Crippen molar-refractivity contribution in [3.8, 4) is 12.3 Å². The lowest BCUT2D eigenvalue weighted by Gasteiger charge is -2.38. The monoisotopic (exact) mass is 671 g/mol. The SMILES string of the molecule is C#Cc1ccc(C(CO[Si](C)(C)C(C)(C)C)NC(=O)[C@@H]2C[C@@H](O)CN2C(=O)C(NC(=O)CCCCCC(=O)OCC)C(C)(C)C)cc1. The number of aliphatic hydroxyl groups excluding tert-OH is 1. The molecule has 1 fully saturated rings. The van der Waals surface area contributed by atoms with E-state index in [4.69, 9.17) is 15.6 Å². The number of carbonyl (C=O) groups excluding carboxylic acids is 4. The first-order chi connectivity index (χ1) is 21.8. The molecule has 262 valence electrons. The third kappa shape index (κ3) is 12.1. The highest BCUT2D eigenvalue weighted by Gasteiger charge is 2.45. The minimum Gasteiger partial charge on any atom is -0.466 e. The summed E-state index contributed by atoms with van der Waals surface area (Å²) >= 11 is 0. The van der Waals surface area contributed by atoms with Crippen LogP contribution in [-0.4, -0.2) is 80.0 Å². The smallest absolute Gasteiger partial charge is 0.305 e. The maximum absolute atomic E-state index is 14.0. The van der Waals surface area contributed by atoms with Crippen LogP contribution < -0.4 is 10.6 Å². The second-order valence-electron chi connectivity index (χ2n) is 15.0. The number of likely N-dealkylation sites (tertiary alicyclic amines) is 1. The Hall–Kier alpha value is -3.20. The summed E-state index contributed by atoms with van der Waals surface area (Å²) in [4.78, 5) is 53.8. The van der Waals surface area contributed by atoms with E-state index >= 15 is 0 Å². The Morgan fingerprint density at radius 2 is 1.64 bits per heavy atom. The van der Waals surface area contributed by atoms with Gasteiger partial charge in [-0.3, -0.25) is 19.2 Å². The molecule has 47 heavy (non-hydrogen) atoms. The molecule has 0 aromatic heterocycles. The Kier molecular flexibility index (Phi) is 14.7. The number of nitrogens with zero attached hydrogens (tertiary/aromatic N) is 1. The molecule has 0 bridgehead atoms. The molecule has 3 N–H and O–H groups in total. The van der Waals surface area contributed by atoms with Gasteiger partial charge in [-0.05, 0) is 61.0 Å². The number of hydrogen-bond acceptors (Lipinski definition) is 7. The fourth-order valence-corrected chi connectivity index (χ4v) is 6.14. The molecule has 0 radical (unpaired) electrons. The third-order valence-electron chi connectivity index (χ3n) is 9.09. The van der Waals surface area contributed by atoms with Gasteiger partial charge in [0.2, 0.25) is 17.7 Å². The first-order valence-electron chi connectivity index (χ1n) is 16.7. The molecule has 4 atom stereocenters. The molecule has 1 aromatic rings. The lowest BCUT2D eigenvalue weighted by molar-refractivity contribution is -0.144. The predicted molar refractivity (Wildman–Crippen MR) is 186 cm³/mol. The van der Waals surface area contributed by atoms with Gasteiger partial charge in [0.1, 0.15) is 12.1 Å². The molecule has 1 aliphatic heterocycles. The van der Waals surface area contributed by atoms with E-state index in [1.54, 1.807) is 6.92 Å².